The number of nitrogens with zero attached hydrogens (tertiary/aromatic N) is 2. The van der Waals surface area contributed by atoms with Crippen LogP contribution in [0.3, 0.4) is 0 Å². The number of aliphatic carboxylic acids is 1. The van der Waals surface area contributed by atoms with Crippen molar-refractivity contribution in [2.75, 3.05) is 0 Å². The van der Waals surface area contributed by atoms with E-state index in [0.29, 0.717) is 13.0 Å². The van der Waals surface area contributed by atoms with Crippen molar-refractivity contribution >= 4 is 21.9 Å². The quantitative estimate of drug-likeness (QED) is 0.896. The number of rotatable bonds is 5. The van der Waals surface area contributed by atoms with Gasteiger partial charge in [-0.25, -0.2) is 0 Å². The molecule has 2 aromatic rings. The van der Waals surface area contributed by atoms with Crippen LogP contribution in [0.1, 0.15) is 29.4 Å². The van der Waals surface area contributed by atoms with Crippen LogP contribution in [0, 0.1) is 19.8 Å². The number of benzene rings is 1. The van der Waals surface area contributed by atoms with Gasteiger partial charge >= 0.3 is 5.97 Å². The third kappa shape index (κ3) is 3.73. The molecule has 1 N–H and O–H groups in total. The largest absolute Gasteiger partial charge is 0.481 e. The van der Waals surface area contributed by atoms with Gasteiger partial charge in [-0.05, 0) is 43.5 Å². The molecular formula is C16H19BrN2O2. The van der Waals surface area contributed by atoms with Crippen molar-refractivity contribution in [3.63, 3.8) is 0 Å². The van der Waals surface area contributed by atoms with E-state index in [1.54, 1.807) is 6.92 Å². The highest BCUT2D eigenvalue weighted by molar-refractivity contribution is 9.10. The summed E-state index contributed by atoms with van der Waals surface area (Å²) >= 11 is 3.47. The van der Waals surface area contributed by atoms with Gasteiger partial charge in [0.15, 0.2) is 0 Å². The molecule has 0 aliphatic rings. The van der Waals surface area contributed by atoms with E-state index >= 15 is 0 Å². The summed E-state index contributed by atoms with van der Waals surface area (Å²) in [6.45, 7) is 6.36. The van der Waals surface area contributed by atoms with Crippen LogP contribution in [-0.2, 0) is 17.8 Å². The molecule has 5 heteroatoms. The van der Waals surface area contributed by atoms with E-state index in [0.717, 1.165) is 27.0 Å². The number of hydrogen-bond acceptors (Lipinski definition) is 2. The predicted molar refractivity (Wildman–Crippen MR) is 85.4 cm³/mol. The second-order valence-electron chi connectivity index (χ2n) is 5.38. The van der Waals surface area contributed by atoms with Gasteiger partial charge in [0.25, 0.3) is 0 Å². The van der Waals surface area contributed by atoms with E-state index in [-0.39, 0.29) is 0 Å². The van der Waals surface area contributed by atoms with Gasteiger partial charge in [0.2, 0.25) is 0 Å². The Balaban J connectivity index is 2.24. The molecule has 0 aliphatic heterocycles. The first kappa shape index (κ1) is 15.8. The van der Waals surface area contributed by atoms with Crippen LogP contribution in [-0.4, -0.2) is 20.9 Å². The van der Waals surface area contributed by atoms with Crippen molar-refractivity contribution in [3.8, 4) is 0 Å². The van der Waals surface area contributed by atoms with Crippen molar-refractivity contribution in [2.24, 2.45) is 5.92 Å². The van der Waals surface area contributed by atoms with Gasteiger partial charge in [-0.3, -0.25) is 9.48 Å². The number of aryl methyl sites for hydroxylation is 1. The highest BCUT2D eigenvalue weighted by atomic mass is 79.9. The number of hydrogen-bond donors (Lipinski definition) is 1. The molecule has 4 nitrogen and oxygen atoms in total. The lowest BCUT2D eigenvalue weighted by Gasteiger charge is -2.08. The van der Waals surface area contributed by atoms with Crippen LogP contribution in [0.2, 0.25) is 0 Å². The second-order valence-corrected chi connectivity index (χ2v) is 6.30. The summed E-state index contributed by atoms with van der Waals surface area (Å²) in [5.74, 6) is -1.17. The summed E-state index contributed by atoms with van der Waals surface area (Å²) in [5.41, 5.74) is 4.16. The molecule has 112 valence electrons. The summed E-state index contributed by atoms with van der Waals surface area (Å²) in [6.07, 6.45) is 0.519. The van der Waals surface area contributed by atoms with E-state index < -0.39 is 11.9 Å². The van der Waals surface area contributed by atoms with Crippen LogP contribution in [0.4, 0.5) is 0 Å². The molecule has 0 spiro atoms. The minimum atomic E-state index is -0.770. The van der Waals surface area contributed by atoms with Crippen molar-refractivity contribution in [2.45, 2.75) is 33.7 Å². The Morgan fingerprint density at radius 2 is 2.14 bits per heavy atom. The molecule has 1 aromatic heterocycles. The van der Waals surface area contributed by atoms with E-state index in [2.05, 4.69) is 33.2 Å². The van der Waals surface area contributed by atoms with Gasteiger partial charge in [0.05, 0.1) is 18.2 Å². The Hall–Kier alpha value is -1.62. The third-order valence-corrected chi connectivity index (χ3v) is 4.18. The van der Waals surface area contributed by atoms with Crippen LogP contribution in [0.5, 0.6) is 0 Å². The maximum absolute atomic E-state index is 11.0. The molecule has 1 atom stereocenters. The Morgan fingerprint density at radius 3 is 2.76 bits per heavy atom. The number of carboxylic acids is 1. The van der Waals surface area contributed by atoms with Gasteiger partial charge in [0.1, 0.15) is 0 Å². The molecule has 0 fully saturated rings. The molecule has 2 rings (SSSR count). The minimum Gasteiger partial charge on any atom is -0.481 e. The third-order valence-electron chi connectivity index (χ3n) is 3.68. The van der Waals surface area contributed by atoms with Crippen LogP contribution < -0.4 is 0 Å². The topological polar surface area (TPSA) is 55.1 Å². The maximum Gasteiger partial charge on any atom is 0.306 e. The molecule has 1 aromatic carbocycles. The lowest BCUT2D eigenvalue weighted by molar-refractivity contribution is -0.141. The van der Waals surface area contributed by atoms with Crippen molar-refractivity contribution < 1.29 is 9.90 Å². The summed E-state index contributed by atoms with van der Waals surface area (Å²) in [5, 5.41) is 13.6. The zero-order chi connectivity index (χ0) is 15.6. The Kier molecular flexibility index (Phi) is 4.83. The molecular weight excluding hydrogens is 332 g/mol. The van der Waals surface area contributed by atoms with Gasteiger partial charge in [-0.2, -0.15) is 5.10 Å². The first-order valence-electron chi connectivity index (χ1n) is 6.88. The van der Waals surface area contributed by atoms with E-state index in [1.165, 1.54) is 0 Å². The highest BCUT2D eigenvalue weighted by Gasteiger charge is 2.18. The molecule has 0 saturated carbocycles. The minimum absolute atomic E-state index is 0.397. The molecule has 1 unspecified atom stereocenters. The number of aromatic nitrogens is 2. The average molecular weight is 351 g/mol. The second kappa shape index (κ2) is 6.43. The summed E-state index contributed by atoms with van der Waals surface area (Å²) < 4.78 is 2.99. The summed E-state index contributed by atoms with van der Waals surface area (Å²) in [7, 11) is 0. The summed E-state index contributed by atoms with van der Waals surface area (Å²) in [4.78, 5) is 11.0. The van der Waals surface area contributed by atoms with Crippen LogP contribution >= 0.6 is 15.9 Å². The SMILES string of the molecule is Cc1nn(Cc2cccc(Br)c2)c(C)c1CC(C)C(=O)O. The van der Waals surface area contributed by atoms with Crippen molar-refractivity contribution in [1.82, 2.24) is 9.78 Å². The molecule has 0 radical (unpaired) electrons. The normalized spacial score (nSPS) is 12.4. The van der Waals surface area contributed by atoms with Crippen molar-refractivity contribution in [3.05, 3.63) is 51.3 Å². The van der Waals surface area contributed by atoms with Gasteiger partial charge in [-0.1, -0.05) is 35.0 Å². The zero-order valence-corrected chi connectivity index (χ0v) is 14.0. The molecule has 0 bridgehead atoms. The molecule has 0 aliphatic carbocycles. The highest BCUT2D eigenvalue weighted by Crippen LogP contribution is 2.20. The monoisotopic (exact) mass is 350 g/mol. The van der Waals surface area contributed by atoms with Gasteiger partial charge in [0, 0.05) is 10.2 Å². The van der Waals surface area contributed by atoms with Crippen LogP contribution in [0.25, 0.3) is 0 Å². The van der Waals surface area contributed by atoms with E-state index in [4.69, 9.17) is 5.11 Å². The lowest BCUT2D eigenvalue weighted by Crippen LogP contribution is -2.13. The maximum atomic E-state index is 11.0. The fourth-order valence-electron chi connectivity index (χ4n) is 2.39. The molecule has 0 saturated heterocycles. The molecule has 0 amide bonds. The van der Waals surface area contributed by atoms with E-state index in [1.807, 2.05) is 30.7 Å². The van der Waals surface area contributed by atoms with Crippen LogP contribution in [0.15, 0.2) is 28.7 Å². The smallest absolute Gasteiger partial charge is 0.306 e. The van der Waals surface area contributed by atoms with Crippen molar-refractivity contribution in [1.29, 1.82) is 0 Å². The lowest BCUT2D eigenvalue weighted by atomic mass is 10.00. The van der Waals surface area contributed by atoms with Gasteiger partial charge < -0.3 is 5.11 Å². The molecule has 21 heavy (non-hydrogen) atoms. The fraction of sp³-hybridized carbons (Fsp3) is 0.375. The van der Waals surface area contributed by atoms with E-state index in [9.17, 15) is 4.79 Å². The standard InChI is InChI=1S/C16H19BrN2O2/c1-10(16(20)21)7-15-11(2)18-19(12(15)3)9-13-5-4-6-14(17)8-13/h4-6,8,10H,7,9H2,1-3H3,(H,20,21). The predicted octanol–water partition coefficient (Wildman–Crippen LogP) is 3.57. The molecule has 1 heterocycles. The number of halogens is 1. The number of carboxylic acid groups (broad SMARTS) is 1. The Bertz CT molecular complexity index is 664. The Labute approximate surface area is 132 Å². The first-order chi connectivity index (χ1) is 9.88. The van der Waals surface area contributed by atoms with Gasteiger partial charge in [-0.15, -0.1) is 0 Å². The number of carbonyl (C=O) groups is 1. The average Bonchev–Trinajstić information content (AvgIpc) is 2.66. The zero-order valence-electron chi connectivity index (χ0n) is 12.4. The Morgan fingerprint density at radius 1 is 1.43 bits per heavy atom. The summed E-state index contributed by atoms with van der Waals surface area (Å²) in [6, 6.07) is 8.11. The fourth-order valence-corrected chi connectivity index (χ4v) is 2.83. The first-order valence-corrected chi connectivity index (χ1v) is 7.68.